The van der Waals surface area contributed by atoms with Crippen molar-refractivity contribution in [1.29, 1.82) is 0 Å². The standard InChI is InChI=1S/C22H22N2O4S2/c25-29(26,17-9-3-1-4-10-17)23-21-15-16-22(20-14-8-7-13-19(20)21)24-30(27,28)18-11-5-2-6-12-18/h1-14,21-24H,15-16H2. The maximum Gasteiger partial charge on any atom is 0.241 e. The van der Waals surface area contributed by atoms with Crippen molar-refractivity contribution in [2.24, 2.45) is 0 Å². The molecule has 0 saturated heterocycles. The van der Waals surface area contributed by atoms with Crippen molar-refractivity contribution >= 4 is 20.0 Å². The number of hydrogen-bond acceptors (Lipinski definition) is 4. The molecule has 0 spiro atoms. The van der Waals surface area contributed by atoms with Crippen molar-refractivity contribution in [2.75, 3.05) is 0 Å². The van der Waals surface area contributed by atoms with Gasteiger partial charge in [-0.3, -0.25) is 0 Å². The second-order valence-corrected chi connectivity index (χ2v) is 10.6. The van der Waals surface area contributed by atoms with Crippen LogP contribution in [0.5, 0.6) is 0 Å². The predicted octanol–water partition coefficient (Wildman–Crippen LogP) is 3.52. The van der Waals surface area contributed by atoms with Crippen LogP contribution in [0.2, 0.25) is 0 Å². The fourth-order valence-corrected chi connectivity index (χ4v) is 6.29. The molecule has 2 atom stereocenters. The van der Waals surface area contributed by atoms with E-state index >= 15 is 0 Å². The molecule has 8 heteroatoms. The van der Waals surface area contributed by atoms with E-state index in [0.717, 1.165) is 11.1 Å². The van der Waals surface area contributed by atoms with Gasteiger partial charge in [0.05, 0.1) is 9.79 Å². The smallest absolute Gasteiger partial charge is 0.207 e. The molecule has 0 amide bonds. The lowest BCUT2D eigenvalue weighted by Crippen LogP contribution is -2.36. The Labute approximate surface area is 177 Å². The van der Waals surface area contributed by atoms with Gasteiger partial charge in [-0.25, -0.2) is 26.3 Å². The molecule has 0 aromatic heterocycles. The van der Waals surface area contributed by atoms with E-state index in [1.165, 1.54) is 0 Å². The van der Waals surface area contributed by atoms with Gasteiger partial charge in [-0.2, -0.15) is 0 Å². The Bertz CT molecular complexity index is 1130. The Morgan fingerprint density at radius 3 is 1.23 bits per heavy atom. The highest BCUT2D eigenvalue weighted by Crippen LogP contribution is 2.37. The zero-order valence-corrected chi connectivity index (χ0v) is 17.7. The third-order valence-electron chi connectivity index (χ3n) is 5.19. The van der Waals surface area contributed by atoms with E-state index < -0.39 is 32.1 Å². The Morgan fingerprint density at radius 2 is 0.867 bits per heavy atom. The monoisotopic (exact) mass is 442 g/mol. The van der Waals surface area contributed by atoms with Crippen molar-refractivity contribution in [2.45, 2.75) is 34.7 Å². The molecule has 0 heterocycles. The molecular weight excluding hydrogens is 420 g/mol. The number of fused-ring (bicyclic) bond motifs is 1. The van der Waals surface area contributed by atoms with Crippen LogP contribution in [0.3, 0.4) is 0 Å². The van der Waals surface area contributed by atoms with Crippen LogP contribution in [0.4, 0.5) is 0 Å². The highest BCUT2D eigenvalue weighted by Gasteiger charge is 2.32. The summed E-state index contributed by atoms with van der Waals surface area (Å²) in [6.07, 6.45) is 0.954. The van der Waals surface area contributed by atoms with E-state index in [4.69, 9.17) is 0 Å². The average Bonchev–Trinajstić information content (AvgIpc) is 2.76. The summed E-state index contributed by atoms with van der Waals surface area (Å²) in [7, 11) is -7.37. The first-order chi connectivity index (χ1) is 14.4. The third kappa shape index (κ3) is 4.32. The van der Waals surface area contributed by atoms with E-state index in [1.54, 1.807) is 60.7 Å². The molecule has 0 fully saturated rings. The van der Waals surface area contributed by atoms with Crippen LogP contribution in [-0.4, -0.2) is 16.8 Å². The maximum atomic E-state index is 12.8. The van der Waals surface area contributed by atoms with E-state index in [2.05, 4.69) is 9.44 Å². The van der Waals surface area contributed by atoms with Crippen molar-refractivity contribution in [1.82, 2.24) is 9.44 Å². The highest BCUT2D eigenvalue weighted by atomic mass is 32.2. The molecule has 4 rings (SSSR count). The van der Waals surface area contributed by atoms with Gasteiger partial charge in [-0.15, -0.1) is 0 Å². The third-order valence-corrected chi connectivity index (χ3v) is 8.17. The summed E-state index contributed by atoms with van der Waals surface area (Å²) in [5.74, 6) is 0. The van der Waals surface area contributed by atoms with Gasteiger partial charge in [-0.05, 0) is 48.2 Å². The maximum absolute atomic E-state index is 12.8. The Hall–Kier alpha value is -2.52. The summed E-state index contributed by atoms with van der Waals surface area (Å²) in [5.41, 5.74) is 1.56. The van der Waals surface area contributed by atoms with Gasteiger partial charge < -0.3 is 0 Å². The first kappa shape index (κ1) is 20.7. The molecule has 30 heavy (non-hydrogen) atoms. The largest absolute Gasteiger partial charge is 0.241 e. The summed E-state index contributed by atoms with van der Waals surface area (Å²) in [6.45, 7) is 0. The van der Waals surface area contributed by atoms with E-state index in [-0.39, 0.29) is 9.79 Å². The zero-order valence-electron chi connectivity index (χ0n) is 16.1. The molecule has 1 aliphatic rings. The molecule has 0 saturated carbocycles. The lowest BCUT2D eigenvalue weighted by Gasteiger charge is -2.32. The highest BCUT2D eigenvalue weighted by molar-refractivity contribution is 7.89. The normalized spacial score (nSPS) is 19.2. The van der Waals surface area contributed by atoms with E-state index in [9.17, 15) is 16.8 Å². The topological polar surface area (TPSA) is 92.3 Å². The van der Waals surface area contributed by atoms with Crippen molar-refractivity contribution in [3.8, 4) is 0 Å². The molecular formula is C22H22N2O4S2. The molecule has 3 aromatic carbocycles. The fraction of sp³-hybridized carbons (Fsp3) is 0.182. The number of rotatable bonds is 6. The van der Waals surface area contributed by atoms with Gasteiger partial charge >= 0.3 is 0 Å². The molecule has 3 aromatic rings. The second kappa shape index (κ2) is 8.31. The summed E-state index contributed by atoms with van der Waals surface area (Å²) in [5, 5.41) is 0. The summed E-state index contributed by atoms with van der Waals surface area (Å²) >= 11 is 0. The molecule has 1 aliphatic carbocycles. The van der Waals surface area contributed by atoms with Crippen LogP contribution in [0, 0.1) is 0 Å². The molecule has 0 radical (unpaired) electrons. The summed E-state index contributed by atoms with van der Waals surface area (Å²) in [6, 6.07) is 22.9. The predicted molar refractivity (Wildman–Crippen MR) is 115 cm³/mol. The molecule has 0 bridgehead atoms. The second-order valence-electron chi connectivity index (χ2n) is 7.18. The SMILES string of the molecule is O=S(=O)(NC1CCC(NS(=O)(=O)c2ccccc2)c2ccccc21)c1ccccc1. The Kier molecular flexibility index (Phi) is 5.75. The number of nitrogens with one attached hydrogen (secondary N) is 2. The van der Waals surface area contributed by atoms with Gasteiger partial charge in [0.15, 0.2) is 0 Å². The Balaban J connectivity index is 1.61. The minimum Gasteiger partial charge on any atom is -0.207 e. The number of benzene rings is 3. The lowest BCUT2D eigenvalue weighted by atomic mass is 9.85. The van der Waals surface area contributed by atoms with Crippen LogP contribution in [0.15, 0.2) is 94.7 Å². The van der Waals surface area contributed by atoms with Gasteiger partial charge in [0.1, 0.15) is 0 Å². The molecule has 0 aliphatic heterocycles. The van der Waals surface area contributed by atoms with Crippen molar-refractivity contribution < 1.29 is 16.8 Å². The van der Waals surface area contributed by atoms with Crippen LogP contribution < -0.4 is 9.44 Å². The van der Waals surface area contributed by atoms with Gasteiger partial charge in [0.25, 0.3) is 0 Å². The zero-order chi connectivity index (χ0) is 21.2. The van der Waals surface area contributed by atoms with Gasteiger partial charge in [0, 0.05) is 12.1 Å². The van der Waals surface area contributed by atoms with Crippen molar-refractivity contribution in [3.63, 3.8) is 0 Å². The number of sulfonamides is 2. The van der Waals surface area contributed by atoms with Gasteiger partial charge in [0.2, 0.25) is 20.0 Å². The van der Waals surface area contributed by atoms with Gasteiger partial charge in [-0.1, -0.05) is 60.7 Å². The van der Waals surface area contributed by atoms with Crippen LogP contribution in [0.1, 0.15) is 36.1 Å². The first-order valence-corrected chi connectivity index (χ1v) is 12.6. The minimum absolute atomic E-state index is 0.203. The first-order valence-electron chi connectivity index (χ1n) is 9.60. The quantitative estimate of drug-likeness (QED) is 0.611. The fourth-order valence-electron chi connectivity index (χ4n) is 3.74. The molecule has 156 valence electrons. The molecule has 2 unspecified atom stereocenters. The molecule has 2 N–H and O–H groups in total. The van der Waals surface area contributed by atoms with E-state index in [1.807, 2.05) is 24.3 Å². The lowest BCUT2D eigenvalue weighted by molar-refractivity contribution is 0.442. The van der Waals surface area contributed by atoms with Crippen LogP contribution in [-0.2, 0) is 20.0 Å². The Morgan fingerprint density at radius 1 is 0.533 bits per heavy atom. The van der Waals surface area contributed by atoms with E-state index in [0.29, 0.717) is 12.8 Å². The van der Waals surface area contributed by atoms with Crippen LogP contribution >= 0.6 is 0 Å². The summed E-state index contributed by atoms with van der Waals surface area (Å²) < 4.78 is 56.7. The number of hydrogen-bond donors (Lipinski definition) is 2. The van der Waals surface area contributed by atoms with Crippen molar-refractivity contribution in [3.05, 3.63) is 96.1 Å². The minimum atomic E-state index is -3.69. The van der Waals surface area contributed by atoms with Crippen LogP contribution in [0.25, 0.3) is 0 Å². The molecule has 6 nitrogen and oxygen atoms in total. The average molecular weight is 443 g/mol. The summed E-state index contributed by atoms with van der Waals surface area (Å²) in [4.78, 5) is 0.406.